The van der Waals surface area contributed by atoms with E-state index in [9.17, 15) is 9.59 Å². The quantitative estimate of drug-likeness (QED) is 0.344. The Morgan fingerprint density at radius 2 is 1.58 bits per heavy atom. The van der Waals surface area contributed by atoms with Gasteiger partial charge in [-0.25, -0.2) is 0 Å². The third kappa shape index (κ3) is 7.49. The van der Waals surface area contributed by atoms with Gasteiger partial charge in [-0.05, 0) is 68.7 Å². The molecule has 5 nitrogen and oxygen atoms in total. The minimum absolute atomic E-state index is 0.0661. The van der Waals surface area contributed by atoms with Gasteiger partial charge in [-0.3, -0.25) is 9.59 Å². The number of hydrogen-bond acceptors (Lipinski definition) is 3. The first kappa shape index (κ1) is 27.6. The molecule has 0 unspecified atom stereocenters. The number of carbonyl (C=O) groups is 2. The molecule has 7 heteroatoms. The van der Waals surface area contributed by atoms with Crippen LogP contribution in [0.1, 0.15) is 36.1 Å². The Hall–Kier alpha value is -3.02. The third-order valence-corrected chi connectivity index (χ3v) is 6.64. The highest BCUT2D eigenvalue weighted by atomic mass is 35.5. The first-order valence-electron chi connectivity index (χ1n) is 11.9. The van der Waals surface area contributed by atoms with Crippen LogP contribution in [0.15, 0.2) is 66.7 Å². The maximum atomic E-state index is 13.7. The molecule has 3 aromatic rings. The van der Waals surface area contributed by atoms with Gasteiger partial charge in [0.25, 0.3) is 5.91 Å². The second-order valence-corrected chi connectivity index (χ2v) is 9.94. The maximum Gasteiger partial charge on any atom is 0.261 e. The van der Waals surface area contributed by atoms with Gasteiger partial charge < -0.3 is 15.0 Å². The molecule has 0 bridgehead atoms. The Bertz CT molecular complexity index is 1180. The number of nitrogens with zero attached hydrogens (tertiary/aromatic N) is 1. The highest BCUT2D eigenvalue weighted by molar-refractivity contribution is 6.36. The van der Waals surface area contributed by atoms with Gasteiger partial charge in [-0.2, -0.15) is 0 Å². The van der Waals surface area contributed by atoms with Crippen molar-refractivity contribution in [3.63, 3.8) is 0 Å². The van der Waals surface area contributed by atoms with Crippen molar-refractivity contribution in [2.45, 2.75) is 52.7 Å². The summed E-state index contributed by atoms with van der Waals surface area (Å²) in [6.07, 6.45) is 0.330. The van der Waals surface area contributed by atoms with Gasteiger partial charge in [-0.1, -0.05) is 65.7 Å². The lowest BCUT2D eigenvalue weighted by Crippen LogP contribution is -2.52. The molecule has 0 aliphatic rings. The van der Waals surface area contributed by atoms with E-state index in [1.807, 2.05) is 76.2 Å². The number of benzene rings is 3. The SMILES string of the molecule is Cc1ccc(OCC(=O)N(Cc2c(Cl)cccc2Cl)[C@H](Cc2ccccc2)C(=O)NC(C)C)cc1C. The molecular formula is C29H32Cl2N2O3. The van der Waals surface area contributed by atoms with Gasteiger partial charge in [0.1, 0.15) is 11.8 Å². The predicted molar refractivity (Wildman–Crippen MR) is 146 cm³/mol. The molecule has 0 saturated heterocycles. The van der Waals surface area contributed by atoms with E-state index in [0.717, 1.165) is 16.7 Å². The lowest BCUT2D eigenvalue weighted by molar-refractivity contribution is -0.143. The molecular weight excluding hydrogens is 495 g/mol. The fourth-order valence-electron chi connectivity index (χ4n) is 3.82. The van der Waals surface area contributed by atoms with Crippen molar-refractivity contribution >= 4 is 35.0 Å². The van der Waals surface area contributed by atoms with Gasteiger partial charge in [-0.15, -0.1) is 0 Å². The van der Waals surface area contributed by atoms with Crippen LogP contribution in [0, 0.1) is 13.8 Å². The molecule has 0 aromatic heterocycles. The fourth-order valence-corrected chi connectivity index (χ4v) is 4.34. The Kier molecular flexibility index (Phi) is 9.80. The van der Waals surface area contributed by atoms with E-state index in [4.69, 9.17) is 27.9 Å². The smallest absolute Gasteiger partial charge is 0.261 e. The summed E-state index contributed by atoms with van der Waals surface area (Å²) in [5.41, 5.74) is 3.71. The van der Waals surface area contributed by atoms with Crippen molar-refractivity contribution in [3.8, 4) is 5.75 Å². The van der Waals surface area contributed by atoms with Crippen molar-refractivity contribution in [1.82, 2.24) is 10.2 Å². The average molecular weight is 527 g/mol. The topological polar surface area (TPSA) is 58.6 Å². The summed E-state index contributed by atoms with van der Waals surface area (Å²) in [6, 6.07) is 19.6. The van der Waals surface area contributed by atoms with Crippen LogP contribution in [0.4, 0.5) is 0 Å². The Balaban J connectivity index is 1.96. The number of halogens is 2. The minimum atomic E-state index is -0.794. The summed E-state index contributed by atoms with van der Waals surface area (Å²) in [7, 11) is 0. The Morgan fingerprint density at radius 3 is 2.19 bits per heavy atom. The van der Waals surface area contributed by atoms with E-state index in [0.29, 0.717) is 27.8 Å². The summed E-state index contributed by atoms with van der Waals surface area (Å²) < 4.78 is 5.86. The summed E-state index contributed by atoms with van der Waals surface area (Å²) >= 11 is 12.9. The highest BCUT2D eigenvalue weighted by Crippen LogP contribution is 2.27. The summed E-state index contributed by atoms with van der Waals surface area (Å²) in [4.78, 5) is 28.6. The van der Waals surface area contributed by atoms with Crippen LogP contribution in [0.3, 0.4) is 0 Å². The first-order chi connectivity index (χ1) is 17.2. The molecule has 1 N–H and O–H groups in total. The van der Waals surface area contributed by atoms with E-state index >= 15 is 0 Å². The molecule has 3 aromatic carbocycles. The fraction of sp³-hybridized carbons (Fsp3) is 0.310. The number of ether oxygens (including phenoxy) is 1. The molecule has 0 aliphatic carbocycles. The predicted octanol–water partition coefficient (Wildman–Crippen LogP) is 6.15. The zero-order valence-electron chi connectivity index (χ0n) is 21.1. The molecule has 36 heavy (non-hydrogen) atoms. The number of carbonyl (C=O) groups excluding carboxylic acids is 2. The molecule has 2 amide bonds. The highest BCUT2D eigenvalue weighted by Gasteiger charge is 2.32. The van der Waals surface area contributed by atoms with Gasteiger partial charge in [0.05, 0.1) is 0 Å². The van der Waals surface area contributed by atoms with Crippen molar-refractivity contribution in [2.75, 3.05) is 6.61 Å². The number of amides is 2. The van der Waals surface area contributed by atoms with Crippen LogP contribution >= 0.6 is 23.2 Å². The zero-order chi connectivity index (χ0) is 26.2. The third-order valence-electron chi connectivity index (χ3n) is 5.93. The lowest BCUT2D eigenvalue weighted by atomic mass is 10.0. The molecule has 0 aliphatic heterocycles. The van der Waals surface area contributed by atoms with Crippen molar-refractivity contribution in [2.24, 2.45) is 0 Å². The molecule has 0 saturated carbocycles. The second kappa shape index (κ2) is 12.8. The molecule has 3 rings (SSSR count). The monoisotopic (exact) mass is 526 g/mol. The Morgan fingerprint density at radius 1 is 0.917 bits per heavy atom. The van der Waals surface area contributed by atoms with Crippen LogP contribution in [0.5, 0.6) is 5.75 Å². The molecule has 0 heterocycles. The summed E-state index contributed by atoms with van der Waals surface area (Å²) in [5.74, 6) is -0.00553. The second-order valence-electron chi connectivity index (χ2n) is 9.13. The largest absolute Gasteiger partial charge is 0.484 e. The van der Waals surface area contributed by atoms with Gasteiger partial charge in [0.15, 0.2) is 6.61 Å². The standard InChI is InChI=1S/C29H32Cl2N2O3/c1-19(2)32-29(35)27(16-22-9-6-5-7-10-22)33(17-24-25(30)11-8-12-26(24)31)28(34)18-36-23-14-13-20(3)21(4)15-23/h5-15,19,27H,16-18H2,1-4H3,(H,32,35)/t27-/m1/s1. The van der Waals surface area contributed by atoms with Crippen molar-refractivity contribution in [3.05, 3.63) is 99.0 Å². The molecule has 0 fully saturated rings. The van der Waals surface area contributed by atoms with Crippen LogP contribution in [0.25, 0.3) is 0 Å². The van der Waals surface area contributed by atoms with Gasteiger partial charge in [0.2, 0.25) is 5.91 Å². The summed E-state index contributed by atoms with van der Waals surface area (Å²) in [6.45, 7) is 7.61. The van der Waals surface area contributed by atoms with Gasteiger partial charge in [0, 0.05) is 34.6 Å². The number of nitrogens with one attached hydrogen (secondary N) is 1. The molecule has 0 radical (unpaired) electrons. The Labute approximate surface area is 223 Å². The maximum absolute atomic E-state index is 13.7. The van der Waals surface area contributed by atoms with Crippen LogP contribution in [-0.2, 0) is 22.6 Å². The summed E-state index contributed by atoms with van der Waals surface area (Å²) in [5, 5.41) is 3.82. The van der Waals surface area contributed by atoms with Crippen molar-refractivity contribution in [1.29, 1.82) is 0 Å². The normalized spacial score (nSPS) is 11.8. The van der Waals surface area contributed by atoms with E-state index < -0.39 is 6.04 Å². The van der Waals surface area contributed by atoms with Crippen LogP contribution in [0.2, 0.25) is 10.0 Å². The minimum Gasteiger partial charge on any atom is -0.484 e. The van der Waals surface area contributed by atoms with Gasteiger partial charge >= 0.3 is 0 Å². The number of hydrogen-bond donors (Lipinski definition) is 1. The lowest BCUT2D eigenvalue weighted by Gasteiger charge is -2.32. The number of rotatable bonds is 10. The average Bonchev–Trinajstić information content (AvgIpc) is 2.83. The molecule has 0 spiro atoms. The van der Waals surface area contributed by atoms with Crippen LogP contribution < -0.4 is 10.1 Å². The van der Waals surface area contributed by atoms with E-state index in [1.54, 1.807) is 18.2 Å². The first-order valence-corrected chi connectivity index (χ1v) is 12.7. The van der Waals surface area contributed by atoms with E-state index in [1.165, 1.54) is 4.90 Å². The zero-order valence-corrected chi connectivity index (χ0v) is 22.6. The molecule has 1 atom stereocenters. The molecule has 190 valence electrons. The van der Waals surface area contributed by atoms with E-state index in [2.05, 4.69) is 5.32 Å². The van der Waals surface area contributed by atoms with E-state index in [-0.39, 0.29) is 31.0 Å². The van der Waals surface area contributed by atoms with Crippen LogP contribution in [-0.4, -0.2) is 35.4 Å². The number of aryl methyl sites for hydroxylation is 2. The van der Waals surface area contributed by atoms with Crippen molar-refractivity contribution < 1.29 is 14.3 Å².